The number of benzene rings is 2. The first kappa shape index (κ1) is 11.9. The number of carbonyl (C=O) groups is 1. The SMILES string of the molecule is O=C(O)c1ccc2c(c1)nnn2-c1ccc(Br)cc1. The van der Waals surface area contributed by atoms with Crippen LogP contribution in [0.1, 0.15) is 10.4 Å². The first-order valence-electron chi connectivity index (χ1n) is 5.50. The van der Waals surface area contributed by atoms with Crippen LogP contribution in [0.3, 0.4) is 0 Å². The predicted octanol–water partition coefficient (Wildman–Crippen LogP) is 2.88. The monoisotopic (exact) mass is 317 g/mol. The standard InChI is InChI=1S/C13H8BrN3O2/c14-9-2-4-10(5-3-9)17-12-6-1-8(13(18)19)7-11(12)15-16-17/h1-7H,(H,18,19). The minimum absolute atomic E-state index is 0.204. The fourth-order valence-corrected chi connectivity index (χ4v) is 2.09. The molecular formula is C13H8BrN3O2. The summed E-state index contributed by atoms with van der Waals surface area (Å²) in [6, 6.07) is 12.4. The summed E-state index contributed by atoms with van der Waals surface area (Å²) in [6.45, 7) is 0. The molecule has 1 heterocycles. The lowest BCUT2D eigenvalue weighted by Gasteiger charge is -2.02. The third-order valence-corrected chi connectivity index (χ3v) is 3.29. The molecule has 2 aromatic carbocycles. The van der Waals surface area contributed by atoms with Crippen LogP contribution in [0.25, 0.3) is 16.7 Å². The Morgan fingerprint density at radius 1 is 1.16 bits per heavy atom. The van der Waals surface area contributed by atoms with E-state index < -0.39 is 5.97 Å². The summed E-state index contributed by atoms with van der Waals surface area (Å²) in [4.78, 5) is 10.9. The molecule has 0 bridgehead atoms. The predicted molar refractivity (Wildman–Crippen MR) is 73.5 cm³/mol. The van der Waals surface area contributed by atoms with E-state index in [1.807, 2.05) is 24.3 Å². The van der Waals surface area contributed by atoms with Gasteiger partial charge in [-0.3, -0.25) is 0 Å². The number of aromatic nitrogens is 3. The van der Waals surface area contributed by atoms with Crippen molar-refractivity contribution in [2.75, 3.05) is 0 Å². The van der Waals surface area contributed by atoms with E-state index in [1.54, 1.807) is 16.8 Å². The van der Waals surface area contributed by atoms with Gasteiger partial charge in [0, 0.05) is 4.47 Å². The lowest BCUT2D eigenvalue weighted by molar-refractivity contribution is 0.0697. The first-order chi connectivity index (χ1) is 9.15. The lowest BCUT2D eigenvalue weighted by atomic mass is 10.2. The van der Waals surface area contributed by atoms with E-state index in [1.165, 1.54) is 6.07 Å². The van der Waals surface area contributed by atoms with Crippen LogP contribution in [0.4, 0.5) is 0 Å². The maximum absolute atomic E-state index is 10.9. The molecule has 1 N–H and O–H groups in total. The van der Waals surface area contributed by atoms with Gasteiger partial charge in [-0.25, -0.2) is 9.48 Å². The minimum atomic E-state index is -0.972. The molecule has 3 aromatic rings. The highest BCUT2D eigenvalue weighted by atomic mass is 79.9. The summed E-state index contributed by atoms with van der Waals surface area (Å²) < 4.78 is 2.65. The number of nitrogens with zero attached hydrogens (tertiary/aromatic N) is 3. The molecule has 6 heteroatoms. The van der Waals surface area contributed by atoms with E-state index in [0.717, 1.165) is 15.7 Å². The molecule has 0 unspecified atom stereocenters. The Morgan fingerprint density at radius 2 is 1.89 bits per heavy atom. The lowest BCUT2D eigenvalue weighted by Crippen LogP contribution is -1.97. The van der Waals surface area contributed by atoms with Crippen molar-refractivity contribution >= 4 is 32.9 Å². The second kappa shape index (κ2) is 4.47. The summed E-state index contributed by atoms with van der Waals surface area (Å²) in [5.41, 5.74) is 2.40. The first-order valence-corrected chi connectivity index (χ1v) is 6.29. The van der Waals surface area contributed by atoms with Crippen LogP contribution in [0, 0.1) is 0 Å². The molecule has 0 fully saturated rings. The number of carboxylic acids is 1. The van der Waals surface area contributed by atoms with E-state index >= 15 is 0 Å². The van der Waals surface area contributed by atoms with Gasteiger partial charge in [-0.15, -0.1) is 5.10 Å². The number of hydrogen-bond acceptors (Lipinski definition) is 3. The minimum Gasteiger partial charge on any atom is -0.478 e. The number of carboxylic acid groups (broad SMARTS) is 1. The maximum Gasteiger partial charge on any atom is 0.335 e. The van der Waals surface area contributed by atoms with Gasteiger partial charge in [0.2, 0.25) is 0 Å². The largest absolute Gasteiger partial charge is 0.478 e. The number of aromatic carboxylic acids is 1. The van der Waals surface area contributed by atoms with E-state index in [4.69, 9.17) is 5.11 Å². The molecule has 0 aliphatic heterocycles. The van der Waals surface area contributed by atoms with E-state index in [-0.39, 0.29) is 5.56 Å². The Hall–Kier alpha value is -2.21. The van der Waals surface area contributed by atoms with Crippen LogP contribution in [0.5, 0.6) is 0 Å². The van der Waals surface area contributed by atoms with Crippen LogP contribution in [0.15, 0.2) is 46.9 Å². The van der Waals surface area contributed by atoms with Crippen molar-refractivity contribution in [2.24, 2.45) is 0 Å². The molecule has 0 radical (unpaired) electrons. The van der Waals surface area contributed by atoms with Gasteiger partial charge in [0.15, 0.2) is 0 Å². The zero-order chi connectivity index (χ0) is 13.4. The van der Waals surface area contributed by atoms with Crippen molar-refractivity contribution < 1.29 is 9.90 Å². The molecule has 0 saturated heterocycles. The van der Waals surface area contributed by atoms with Crippen molar-refractivity contribution in [1.82, 2.24) is 15.0 Å². The molecule has 0 atom stereocenters. The van der Waals surface area contributed by atoms with Crippen LogP contribution in [-0.4, -0.2) is 26.1 Å². The molecule has 0 amide bonds. The van der Waals surface area contributed by atoms with Gasteiger partial charge in [-0.1, -0.05) is 21.1 Å². The van der Waals surface area contributed by atoms with Crippen molar-refractivity contribution in [1.29, 1.82) is 0 Å². The highest BCUT2D eigenvalue weighted by Crippen LogP contribution is 2.19. The van der Waals surface area contributed by atoms with Gasteiger partial charge in [0.1, 0.15) is 5.52 Å². The zero-order valence-electron chi connectivity index (χ0n) is 9.62. The quantitative estimate of drug-likeness (QED) is 0.789. The second-order valence-corrected chi connectivity index (χ2v) is 4.90. The summed E-state index contributed by atoms with van der Waals surface area (Å²) >= 11 is 3.37. The van der Waals surface area contributed by atoms with Crippen molar-refractivity contribution in [3.63, 3.8) is 0 Å². The molecule has 0 aliphatic rings. The van der Waals surface area contributed by atoms with Crippen LogP contribution in [-0.2, 0) is 0 Å². The van der Waals surface area contributed by atoms with Gasteiger partial charge in [-0.2, -0.15) is 0 Å². The molecule has 3 rings (SSSR count). The Kier molecular flexibility index (Phi) is 2.79. The van der Waals surface area contributed by atoms with Gasteiger partial charge in [-0.05, 0) is 42.5 Å². The van der Waals surface area contributed by atoms with E-state index in [2.05, 4.69) is 26.2 Å². The molecule has 1 aromatic heterocycles. The summed E-state index contributed by atoms with van der Waals surface area (Å²) in [5, 5.41) is 17.0. The molecule has 0 saturated carbocycles. The fraction of sp³-hybridized carbons (Fsp3) is 0. The third-order valence-electron chi connectivity index (χ3n) is 2.76. The normalized spacial score (nSPS) is 10.8. The summed E-state index contributed by atoms with van der Waals surface area (Å²) in [5.74, 6) is -0.972. The Balaban J connectivity index is 2.15. The van der Waals surface area contributed by atoms with Gasteiger partial charge >= 0.3 is 5.97 Å². The van der Waals surface area contributed by atoms with Crippen LogP contribution in [0.2, 0.25) is 0 Å². The number of rotatable bonds is 2. The molecule has 0 spiro atoms. The highest BCUT2D eigenvalue weighted by molar-refractivity contribution is 9.10. The number of fused-ring (bicyclic) bond motifs is 1. The molecule has 0 aliphatic carbocycles. The Bertz CT molecular complexity index is 765. The molecule has 5 nitrogen and oxygen atoms in total. The highest BCUT2D eigenvalue weighted by Gasteiger charge is 2.10. The van der Waals surface area contributed by atoms with Crippen LogP contribution >= 0.6 is 15.9 Å². The second-order valence-electron chi connectivity index (χ2n) is 3.99. The van der Waals surface area contributed by atoms with Crippen molar-refractivity contribution in [3.8, 4) is 5.69 Å². The fourth-order valence-electron chi connectivity index (χ4n) is 1.83. The zero-order valence-corrected chi connectivity index (χ0v) is 11.2. The summed E-state index contributed by atoms with van der Waals surface area (Å²) in [7, 11) is 0. The maximum atomic E-state index is 10.9. The topological polar surface area (TPSA) is 68.0 Å². The van der Waals surface area contributed by atoms with Crippen molar-refractivity contribution in [2.45, 2.75) is 0 Å². The summed E-state index contributed by atoms with van der Waals surface area (Å²) in [6.07, 6.45) is 0. The smallest absolute Gasteiger partial charge is 0.335 e. The van der Waals surface area contributed by atoms with Crippen molar-refractivity contribution in [3.05, 3.63) is 52.5 Å². The Labute approximate surface area is 116 Å². The number of halogens is 1. The molecular weight excluding hydrogens is 310 g/mol. The third kappa shape index (κ3) is 2.10. The average molecular weight is 318 g/mol. The van der Waals surface area contributed by atoms with Gasteiger partial charge in [0.25, 0.3) is 0 Å². The van der Waals surface area contributed by atoms with E-state index in [9.17, 15) is 4.79 Å². The van der Waals surface area contributed by atoms with E-state index in [0.29, 0.717) is 5.52 Å². The Morgan fingerprint density at radius 3 is 2.58 bits per heavy atom. The molecule has 19 heavy (non-hydrogen) atoms. The average Bonchev–Trinajstić information content (AvgIpc) is 2.82. The molecule has 94 valence electrons. The van der Waals surface area contributed by atoms with Gasteiger partial charge < -0.3 is 5.11 Å². The van der Waals surface area contributed by atoms with Crippen LogP contribution < -0.4 is 0 Å². The van der Waals surface area contributed by atoms with Gasteiger partial charge in [0.05, 0.1) is 16.8 Å². The number of hydrogen-bond donors (Lipinski definition) is 1.